The molecular formula is C61H40. The Balaban J connectivity index is 1.11. The molecule has 0 aliphatic carbocycles. The van der Waals surface area contributed by atoms with Crippen molar-refractivity contribution < 1.29 is 0 Å². The lowest BCUT2D eigenvalue weighted by molar-refractivity contribution is 1.47. The molecule has 0 saturated carbocycles. The van der Waals surface area contributed by atoms with E-state index in [1.165, 1.54) is 126 Å². The Morgan fingerprint density at radius 1 is 0.197 bits per heavy atom. The first kappa shape index (κ1) is 35.2. The van der Waals surface area contributed by atoms with Crippen LogP contribution in [-0.2, 0) is 0 Å². The van der Waals surface area contributed by atoms with Crippen LogP contribution in [0.3, 0.4) is 0 Å². The summed E-state index contributed by atoms with van der Waals surface area (Å²) < 4.78 is 0. The second-order valence-corrected chi connectivity index (χ2v) is 16.5. The van der Waals surface area contributed by atoms with Crippen LogP contribution in [0.5, 0.6) is 0 Å². The third-order valence-corrected chi connectivity index (χ3v) is 12.9. The molecule has 0 N–H and O–H groups in total. The molecule has 0 saturated heterocycles. The number of hydrogen-bond donors (Lipinski definition) is 0. The van der Waals surface area contributed by atoms with E-state index in [0.29, 0.717) is 0 Å². The van der Waals surface area contributed by atoms with Crippen LogP contribution in [0.2, 0.25) is 0 Å². The highest BCUT2D eigenvalue weighted by atomic mass is 14.2. The number of benzene rings is 12. The summed E-state index contributed by atoms with van der Waals surface area (Å²) in [5.41, 5.74) is 13.7. The van der Waals surface area contributed by atoms with Crippen LogP contribution in [0.1, 0.15) is 5.56 Å². The van der Waals surface area contributed by atoms with Crippen LogP contribution in [0.25, 0.3) is 120 Å². The maximum atomic E-state index is 2.45. The van der Waals surface area contributed by atoms with Gasteiger partial charge in [0.25, 0.3) is 0 Å². The minimum absolute atomic E-state index is 1.19. The van der Waals surface area contributed by atoms with Crippen molar-refractivity contribution in [1.29, 1.82) is 0 Å². The molecule has 12 aromatic rings. The predicted molar refractivity (Wildman–Crippen MR) is 263 cm³/mol. The van der Waals surface area contributed by atoms with E-state index in [-0.39, 0.29) is 0 Å². The Morgan fingerprint density at radius 2 is 0.541 bits per heavy atom. The molecule has 0 aliphatic rings. The highest BCUT2D eigenvalue weighted by Crippen LogP contribution is 2.47. The maximum Gasteiger partial charge on any atom is -0.00259 e. The molecule has 12 rings (SSSR count). The Labute approximate surface area is 355 Å². The maximum absolute atomic E-state index is 2.45. The van der Waals surface area contributed by atoms with E-state index in [1.807, 2.05) is 0 Å². The van der Waals surface area contributed by atoms with Crippen molar-refractivity contribution >= 4 is 64.6 Å². The van der Waals surface area contributed by atoms with E-state index >= 15 is 0 Å². The SMILES string of the molecule is Cc1ccc(-c2c3ccccc3c(-c3cccc(-c4ccc5c(-c6ccc7ccccc7c6)c6ccccc6c(-c6ccc7ccccc7c6)c5c4)c3)c3ccccc23)cc1. The van der Waals surface area contributed by atoms with E-state index in [9.17, 15) is 0 Å². The molecule has 0 nitrogen and oxygen atoms in total. The third kappa shape index (κ3) is 5.83. The molecule has 0 unspecified atom stereocenters. The summed E-state index contributed by atoms with van der Waals surface area (Å²) in [6.45, 7) is 2.15. The molecule has 0 amide bonds. The van der Waals surface area contributed by atoms with Crippen LogP contribution in [0.4, 0.5) is 0 Å². The van der Waals surface area contributed by atoms with E-state index < -0.39 is 0 Å². The zero-order valence-corrected chi connectivity index (χ0v) is 33.9. The molecule has 0 heteroatoms. The summed E-state index contributed by atoms with van der Waals surface area (Å²) in [7, 11) is 0. The average molecular weight is 773 g/mol. The molecule has 0 spiro atoms. The molecule has 0 heterocycles. The quantitative estimate of drug-likeness (QED) is 0.153. The van der Waals surface area contributed by atoms with Gasteiger partial charge in [-0.25, -0.2) is 0 Å². The first-order valence-electron chi connectivity index (χ1n) is 21.2. The lowest BCUT2D eigenvalue weighted by Crippen LogP contribution is -1.93. The Hall–Kier alpha value is -7.80. The molecule has 0 aromatic heterocycles. The zero-order chi connectivity index (χ0) is 40.4. The number of aryl methyl sites for hydroxylation is 1. The highest BCUT2D eigenvalue weighted by molar-refractivity contribution is 6.24. The van der Waals surface area contributed by atoms with Crippen molar-refractivity contribution in [3.05, 3.63) is 230 Å². The number of rotatable bonds is 5. The molecule has 0 atom stereocenters. The van der Waals surface area contributed by atoms with Crippen molar-refractivity contribution in [1.82, 2.24) is 0 Å². The van der Waals surface area contributed by atoms with Crippen LogP contribution >= 0.6 is 0 Å². The third-order valence-electron chi connectivity index (χ3n) is 12.9. The van der Waals surface area contributed by atoms with Crippen LogP contribution in [-0.4, -0.2) is 0 Å². The van der Waals surface area contributed by atoms with Crippen molar-refractivity contribution in [2.45, 2.75) is 6.92 Å². The van der Waals surface area contributed by atoms with Crippen molar-refractivity contribution in [3.63, 3.8) is 0 Å². The van der Waals surface area contributed by atoms with Gasteiger partial charge in [-0.05, 0) is 151 Å². The first-order chi connectivity index (χ1) is 30.2. The Kier molecular flexibility index (Phi) is 8.18. The fourth-order valence-electron chi connectivity index (χ4n) is 9.99. The topological polar surface area (TPSA) is 0 Å². The zero-order valence-electron chi connectivity index (χ0n) is 33.9. The van der Waals surface area contributed by atoms with E-state index in [4.69, 9.17) is 0 Å². The summed E-state index contributed by atoms with van der Waals surface area (Å²) in [4.78, 5) is 0. The minimum Gasteiger partial charge on any atom is -0.0616 e. The fraction of sp³-hybridized carbons (Fsp3) is 0.0164. The van der Waals surface area contributed by atoms with Crippen molar-refractivity contribution in [2.75, 3.05) is 0 Å². The Bertz CT molecular complexity index is 3640. The summed E-state index contributed by atoms with van der Waals surface area (Å²) in [5.74, 6) is 0. The molecule has 0 bridgehead atoms. The van der Waals surface area contributed by atoms with Gasteiger partial charge in [-0.1, -0.05) is 206 Å². The normalized spacial score (nSPS) is 11.7. The summed E-state index contributed by atoms with van der Waals surface area (Å²) in [6.07, 6.45) is 0. The van der Waals surface area contributed by atoms with Gasteiger partial charge in [0.1, 0.15) is 0 Å². The molecule has 61 heavy (non-hydrogen) atoms. The van der Waals surface area contributed by atoms with Crippen LogP contribution < -0.4 is 0 Å². The molecule has 0 fully saturated rings. The lowest BCUT2D eigenvalue weighted by atomic mass is 9.83. The van der Waals surface area contributed by atoms with Gasteiger partial charge in [-0.15, -0.1) is 0 Å². The average Bonchev–Trinajstić information content (AvgIpc) is 3.32. The Morgan fingerprint density at radius 3 is 1.05 bits per heavy atom. The second kappa shape index (κ2) is 14.2. The van der Waals surface area contributed by atoms with Gasteiger partial charge in [0.15, 0.2) is 0 Å². The predicted octanol–water partition coefficient (Wildman–Crippen LogP) is 17.2. The van der Waals surface area contributed by atoms with Gasteiger partial charge >= 0.3 is 0 Å². The lowest BCUT2D eigenvalue weighted by Gasteiger charge is -2.20. The summed E-state index contributed by atoms with van der Waals surface area (Å²) in [5, 5.41) is 15.1. The van der Waals surface area contributed by atoms with Gasteiger partial charge < -0.3 is 0 Å². The summed E-state index contributed by atoms with van der Waals surface area (Å²) >= 11 is 0. The van der Waals surface area contributed by atoms with Gasteiger partial charge in [0, 0.05) is 0 Å². The molecule has 12 aromatic carbocycles. The molecular weight excluding hydrogens is 733 g/mol. The minimum atomic E-state index is 1.19. The van der Waals surface area contributed by atoms with E-state index in [2.05, 4.69) is 231 Å². The molecule has 284 valence electrons. The van der Waals surface area contributed by atoms with Gasteiger partial charge in [-0.3, -0.25) is 0 Å². The fourth-order valence-corrected chi connectivity index (χ4v) is 9.99. The monoisotopic (exact) mass is 772 g/mol. The summed E-state index contributed by atoms with van der Waals surface area (Å²) in [6, 6.07) is 83.5. The van der Waals surface area contributed by atoms with Gasteiger partial charge in [0.05, 0.1) is 0 Å². The molecule has 0 radical (unpaired) electrons. The first-order valence-corrected chi connectivity index (χ1v) is 21.2. The smallest absolute Gasteiger partial charge is 0.00259 e. The van der Waals surface area contributed by atoms with E-state index in [1.54, 1.807) is 0 Å². The number of hydrogen-bond acceptors (Lipinski definition) is 0. The van der Waals surface area contributed by atoms with Gasteiger partial charge in [-0.2, -0.15) is 0 Å². The van der Waals surface area contributed by atoms with Crippen molar-refractivity contribution in [3.8, 4) is 55.6 Å². The number of fused-ring (bicyclic) bond motifs is 6. The second-order valence-electron chi connectivity index (χ2n) is 16.5. The van der Waals surface area contributed by atoms with E-state index in [0.717, 1.165) is 0 Å². The standard InChI is InChI=1S/C61H40/c1-39-25-27-42(28-26-39)58-50-19-6-8-21-52(50)59(53-22-9-7-20-51(53)58)47-18-12-17-45(37-47)46-33-34-56-57(38-46)61(49-32-30-41-14-3-5-16-44(41)36-49)55-24-11-10-23-54(55)60(56)48-31-29-40-13-2-4-15-43(40)35-48/h2-38H,1H3. The largest absolute Gasteiger partial charge is 0.0616 e. The highest BCUT2D eigenvalue weighted by Gasteiger charge is 2.20. The van der Waals surface area contributed by atoms with Gasteiger partial charge in [0.2, 0.25) is 0 Å². The van der Waals surface area contributed by atoms with Crippen LogP contribution in [0, 0.1) is 6.92 Å². The molecule has 0 aliphatic heterocycles. The van der Waals surface area contributed by atoms with Crippen LogP contribution in [0.15, 0.2) is 224 Å². The van der Waals surface area contributed by atoms with Crippen molar-refractivity contribution in [2.24, 2.45) is 0 Å².